The molecule has 1 heterocycles. The van der Waals surface area contributed by atoms with Gasteiger partial charge in [-0.05, 0) is 44.0 Å². The van der Waals surface area contributed by atoms with E-state index in [-0.39, 0.29) is 54.8 Å². The number of hydrogen-bond donors (Lipinski definition) is 3. The number of ether oxygens (including phenoxy) is 1. The summed E-state index contributed by atoms with van der Waals surface area (Å²) < 4.78 is 5.65. The van der Waals surface area contributed by atoms with Crippen molar-refractivity contribution in [3.8, 4) is 0 Å². The van der Waals surface area contributed by atoms with Gasteiger partial charge in [0.15, 0.2) is 0 Å². The van der Waals surface area contributed by atoms with Crippen molar-refractivity contribution in [3.63, 3.8) is 0 Å². The second-order valence-electron chi connectivity index (χ2n) is 7.58. The molecule has 4 N–H and O–H groups in total. The number of anilines is 1. The summed E-state index contributed by atoms with van der Waals surface area (Å²) >= 11 is 0. The Morgan fingerprint density at radius 3 is 2.21 bits per heavy atom. The normalized spacial score (nSPS) is 19.9. The van der Waals surface area contributed by atoms with E-state index in [1.54, 1.807) is 29.2 Å². The van der Waals surface area contributed by atoms with Crippen molar-refractivity contribution < 1.29 is 19.1 Å². The lowest BCUT2D eigenvalue weighted by molar-refractivity contribution is -0.125. The van der Waals surface area contributed by atoms with Crippen molar-refractivity contribution in [2.75, 3.05) is 25.0 Å². The van der Waals surface area contributed by atoms with E-state index in [0.29, 0.717) is 24.3 Å². The molecule has 1 fully saturated rings. The van der Waals surface area contributed by atoms with Crippen LogP contribution in [-0.4, -0.2) is 60.5 Å². The summed E-state index contributed by atoms with van der Waals surface area (Å²) in [4.78, 5) is 38.2. The van der Waals surface area contributed by atoms with Gasteiger partial charge in [-0.15, -0.1) is 12.4 Å². The number of nitrogens with two attached hydrogens (primary N) is 1. The molecule has 2 rings (SSSR count). The van der Waals surface area contributed by atoms with E-state index in [1.165, 1.54) is 0 Å². The van der Waals surface area contributed by atoms with Gasteiger partial charge >= 0.3 is 0 Å². The highest BCUT2D eigenvalue weighted by atomic mass is 35.5. The monoisotopic (exact) mass is 426 g/mol. The number of rotatable bonds is 6. The first-order valence-corrected chi connectivity index (χ1v) is 9.55. The van der Waals surface area contributed by atoms with Crippen LogP contribution in [-0.2, 0) is 14.3 Å². The van der Waals surface area contributed by atoms with Crippen molar-refractivity contribution in [3.05, 3.63) is 29.8 Å². The first-order valence-electron chi connectivity index (χ1n) is 9.55. The van der Waals surface area contributed by atoms with E-state index in [1.807, 2.05) is 27.7 Å². The SMILES string of the molecule is CC1CN(C(=O)c2ccc(NC(=O)CNC(=O)[C@@H](N)C(C)C)cc2)CC(C)O1.Cl. The minimum atomic E-state index is -0.649. The van der Waals surface area contributed by atoms with Crippen LogP contribution in [0.2, 0.25) is 0 Å². The number of benzene rings is 1. The molecule has 0 spiro atoms. The highest BCUT2D eigenvalue weighted by Crippen LogP contribution is 2.16. The minimum absolute atomic E-state index is 0. The first kappa shape index (κ1) is 24.9. The summed E-state index contributed by atoms with van der Waals surface area (Å²) in [6.45, 7) is 8.52. The number of carbonyl (C=O) groups excluding carboxylic acids is 3. The molecule has 0 bridgehead atoms. The third-order valence-corrected chi connectivity index (χ3v) is 4.57. The Bertz CT molecular complexity index is 701. The topological polar surface area (TPSA) is 114 Å². The van der Waals surface area contributed by atoms with Crippen LogP contribution in [0.15, 0.2) is 24.3 Å². The van der Waals surface area contributed by atoms with Crippen molar-refractivity contribution in [1.82, 2.24) is 10.2 Å². The van der Waals surface area contributed by atoms with E-state index in [4.69, 9.17) is 10.5 Å². The molecular weight excluding hydrogens is 396 g/mol. The molecule has 3 atom stereocenters. The molecule has 8 nitrogen and oxygen atoms in total. The number of morpholine rings is 1. The quantitative estimate of drug-likeness (QED) is 0.636. The fourth-order valence-corrected chi connectivity index (χ4v) is 3.02. The third-order valence-electron chi connectivity index (χ3n) is 4.57. The number of halogens is 1. The maximum atomic E-state index is 12.6. The number of hydrogen-bond acceptors (Lipinski definition) is 5. The summed E-state index contributed by atoms with van der Waals surface area (Å²) in [5.74, 6) is -0.792. The van der Waals surface area contributed by atoms with Crippen LogP contribution in [0, 0.1) is 5.92 Å². The largest absolute Gasteiger partial charge is 0.372 e. The molecule has 3 amide bonds. The molecule has 1 aliphatic rings. The van der Waals surface area contributed by atoms with E-state index >= 15 is 0 Å². The lowest BCUT2D eigenvalue weighted by Gasteiger charge is -2.35. The lowest BCUT2D eigenvalue weighted by atomic mass is 10.1. The van der Waals surface area contributed by atoms with Gasteiger partial charge in [0, 0.05) is 24.3 Å². The smallest absolute Gasteiger partial charge is 0.254 e. The van der Waals surface area contributed by atoms with E-state index < -0.39 is 6.04 Å². The van der Waals surface area contributed by atoms with E-state index in [9.17, 15) is 14.4 Å². The summed E-state index contributed by atoms with van der Waals surface area (Å²) in [6, 6.07) is 6.04. The fourth-order valence-electron chi connectivity index (χ4n) is 3.02. The maximum Gasteiger partial charge on any atom is 0.254 e. The van der Waals surface area contributed by atoms with Crippen LogP contribution < -0.4 is 16.4 Å². The van der Waals surface area contributed by atoms with Crippen molar-refractivity contribution >= 4 is 35.8 Å². The lowest BCUT2D eigenvalue weighted by Crippen LogP contribution is -2.48. The first-order chi connectivity index (χ1) is 13.2. The Kier molecular flexibility index (Phi) is 9.55. The van der Waals surface area contributed by atoms with Crippen LogP contribution >= 0.6 is 12.4 Å². The molecule has 2 unspecified atom stereocenters. The molecule has 162 valence electrons. The van der Waals surface area contributed by atoms with Crippen LogP contribution in [0.1, 0.15) is 38.1 Å². The van der Waals surface area contributed by atoms with Gasteiger partial charge in [0.1, 0.15) is 0 Å². The fraction of sp³-hybridized carbons (Fsp3) is 0.550. The molecule has 0 radical (unpaired) electrons. The van der Waals surface area contributed by atoms with Crippen molar-refractivity contribution in [1.29, 1.82) is 0 Å². The van der Waals surface area contributed by atoms with Gasteiger partial charge in [-0.1, -0.05) is 13.8 Å². The average molecular weight is 427 g/mol. The van der Waals surface area contributed by atoms with Crippen LogP contribution in [0.25, 0.3) is 0 Å². The molecule has 9 heteroatoms. The van der Waals surface area contributed by atoms with Gasteiger partial charge in [-0.3, -0.25) is 14.4 Å². The summed E-state index contributed by atoms with van der Waals surface area (Å²) in [5.41, 5.74) is 6.84. The van der Waals surface area contributed by atoms with Crippen molar-refractivity contribution in [2.24, 2.45) is 11.7 Å². The van der Waals surface area contributed by atoms with Gasteiger partial charge in [-0.2, -0.15) is 0 Å². The molecule has 1 aromatic carbocycles. The van der Waals surface area contributed by atoms with Crippen LogP contribution in [0.4, 0.5) is 5.69 Å². The standard InChI is InChI=1S/C20H30N4O4.ClH/c1-12(2)18(21)19(26)22-9-17(25)23-16-7-5-15(6-8-16)20(27)24-10-13(3)28-14(4)11-24;/h5-8,12-14,18H,9-11,21H2,1-4H3,(H,22,26)(H,23,25);1H/t13?,14?,18-;/m0./s1. The molecule has 1 aromatic rings. The van der Waals surface area contributed by atoms with Crippen LogP contribution in [0.3, 0.4) is 0 Å². The number of carbonyl (C=O) groups is 3. The highest BCUT2D eigenvalue weighted by Gasteiger charge is 2.26. The van der Waals surface area contributed by atoms with Crippen molar-refractivity contribution in [2.45, 2.75) is 45.9 Å². The van der Waals surface area contributed by atoms with Gasteiger partial charge in [0.05, 0.1) is 24.8 Å². The Morgan fingerprint density at radius 1 is 1.14 bits per heavy atom. The van der Waals surface area contributed by atoms with Gasteiger partial charge in [0.2, 0.25) is 11.8 Å². The third kappa shape index (κ3) is 7.30. The number of nitrogens with zero attached hydrogens (tertiary/aromatic N) is 1. The van der Waals surface area contributed by atoms with Crippen LogP contribution in [0.5, 0.6) is 0 Å². The zero-order valence-electron chi connectivity index (χ0n) is 17.3. The van der Waals surface area contributed by atoms with Gasteiger partial charge < -0.3 is 26.0 Å². The number of nitrogens with one attached hydrogen (secondary N) is 2. The van der Waals surface area contributed by atoms with E-state index in [2.05, 4.69) is 10.6 Å². The summed E-state index contributed by atoms with van der Waals surface area (Å²) in [7, 11) is 0. The predicted molar refractivity (Wildman–Crippen MR) is 114 cm³/mol. The molecule has 1 saturated heterocycles. The average Bonchev–Trinajstić information content (AvgIpc) is 2.64. The Balaban J connectivity index is 0.00000420. The van der Waals surface area contributed by atoms with E-state index in [0.717, 1.165) is 0 Å². The summed E-state index contributed by atoms with van der Waals surface area (Å²) in [6.07, 6.45) is 0.00979. The van der Waals surface area contributed by atoms with Gasteiger partial charge in [-0.25, -0.2) is 0 Å². The molecule has 1 aliphatic heterocycles. The molecule has 0 aromatic heterocycles. The van der Waals surface area contributed by atoms with Gasteiger partial charge in [0.25, 0.3) is 5.91 Å². The Morgan fingerprint density at radius 2 is 1.69 bits per heavy atom. The second-order valence-corrected chi connectivity index (χ2v) is 7.58. The number of amides is 3. The minimum Gasteiger partial charge on any atom is -0.372 e. The molecular formula is C20H31ClN4O4. The Hall–Kier alpha value is -2.16. The Labute approximate surface area is 177 Å². The molecule has 29 heavy (non-hydrogen) atoms. The molecule has 0 aliphatic carbocycles. The maximum absolute atomic E-state index is 12.6. The second kappa shape index (κ2) is 11.1. The molecule has 0 saturated carbocycles. The highest BCUT2D eigenvalue weighted by molar-refractivity contribution is 5.97. The predicted octanol–water partition coefficient (Wildman–Crippen LogP) is 1.40. The zero-order valence-corrected chi connectivity index (χ0v) is 18.1. The zero-order chi connectivity index (χ0) is 20.8. The summed E-state index contributed by atoms with van der Waals surface area (Å²) in [5, 5.41) is 5.20.